The Balaban J connectivity index is 2.26. The van der Waals surface area contributed by atoms with Crippen LogP contribution in [0.2, 0.25) is 5.02 Å². The van der Waals surface area contributed by atoms with E-state index >= 15 is 0 Å². The first kappa shape index (κ1) is 14.1. The van der Waals surface area contributed by atoms with Gasteiger partial charge in [0.1, 0.15) is 17.8 Å². The van der Waals surface area contributed by atoms with Crippen molar-refractivity contribution in [3.8, 4) is 11.4 Å². The van der Waals surface area contributed by atoms with Crippen molar-refractivity contribution in [3.63, 3.8) is 0 Å². The van der Waals surface area contributed by atoms with Gasteiger partial charge >= 0.3 is 0 Å². The molecule has 0 atom stereocenters. The molecule has 2 heterocycles. The lowest BCUT2D eigenvalue weighted by molar-refractivity contribution is 0.177. The first-order chi connectivity index (χ1) is 10.1. The van der Waals surface area contributed by atoms with Crippen molar-refractivity contribution in [2.24, 2.45) is 0 Å². The summed E-state index contributed by atoms with van der Waals surface area (Å²) in [5.74, 6) is 0.815. The number of hydrogen-bond acceptors (Lipinski definition) is 4. The zero-order valence-corrected chi connectivity index (χ0v) is 12.9. The summed E-state index contributed by atoms with van der Waals surface area (Å²) in [6.45, 7) is 4.61. The Morgan fingerprint density at radius 2 is 2.19 bits per heavy atom. The van der Waals surface area contributed by atoms with E-state index in [0.29, 0.717) is 11.6 Å². The largest absolute Gasteiger partial charge is 0.378 e. The Labute approximate surface area is 127 Å². The second kappa shape index (κ2) is 5.50. The first-order valence-corrected chi connectivity index (χ1v) is 7.09. The molecule has 0 aliphatic rings. The Morgan fingerprint density at radius 1 is 1.38 bits per heavy atom. The molecule has 110 valence electrons. The third kappa shape index (κ3) is 2.43. The average molecular weight is 306 g/mol. The molecule has 0 aliphatic carbocycles. The Hall–Kier alpha value is -1.85. The molecular weight excluding hydrogens is 290 g/mol. The third-order valence-corrected chi connectivity index (χ3v) is 3.57. The van der Waals surface area contributed by atoms with Crippen molar-refractivity contribution in [2.45, 2.75) is 26.5 Å². The van der Waals surface area contributed by atoms with Gasteiger partial charge < -0.3 is 13.8 Å². The van der Waals surface area contributed by atoms with Gasteiger partial charge in [-0.1, -0.05) is 16.8 Å². The number of rotatable bonds is 4. The minimum Gasteiger partial charge on any atom is -0.378 e. The summed E-state index contributed by atoms with van der Waals surface area (Å²) in [6, 6.07) is 5.97. The molecule has 5 nitrogen and oxygen atoms in total. The van der Waals surface area contributed by atoms with Crippen LogP contribution in [0, 0.1) is 0 Å². The van der Waals surface area contributed by atoms with E-state index in [1.165, 1.54) is 0 Å². The van der Waals surface area contributed by atoms with E-state index < -0.39 is 0 Å². The molecule has 0 amide bonds. The summed E-state index contributed by atoms with van der Waals surface area (Å²) < 4.78 is 12.4. The van der Waals surface area contributed by atoms with Gasteiger partial charge in [-0.25, -0.2) is 4.98 Å². The van der Waals surface area contributed by atoms with E-state index in [2.05, 4.69) is 23.6 Å². The summed E-state index contributed by atoms with van der Waals surface area (Å²) in [6.07, 6.45) is 1.61. The molecular formula is C15H16ClN3O2. The molecule has 3 aromatic rings. The number of aromatic nitrogens is 3. The van der Waals surface area contributed by atoms with Crippen LogP contribution >= 0.6 is 11.6 Å². The lowest BCUT2D eigenvalue weighted by atomic mass is 10.2. The standard InChI is InChI=1S/C15H16ClN3O2/c1-9(2)19-14-5-4-10(16)6-12(14)17-15(19)11-7-21-18-13(11)8-20-3/h4-7,9H,8H2,1-3H3. The van der Waals surface area contributed by atoms with Crippen molar-refractivity contribution >= 4 is 22.6 Å². The van der Waals surface area contributed by atoms with Gasteiger partial charge in [-0.2, -0.15) is 0 Å². The van der Waals surface area contributed by atoms with E-state index in [0.717, 1.165) is 28.1 Å². The van der Waals surface area contributed by atoms with Crippen LogP contribution in [0.4, 0.5) is 0 Å². The molecule has 1 aromatic carbocycles. The van der Waals surface area contributed by atoms with Crippen LogP contribution in [0.5, 0.6) is 0 Å². The van der Waals surface area contributed by atoms with E-state index in [1.807, 2.05) is 18.2 Å². The molecule has 0 aliphatic heterocycles. The van der Waals surface area contributed by atoms with E-state index in [-0.39, 0.29) is 6.04 Å². The fraction of sp³-hybridized carbons (Fsp3) is 0.333. The summed E-state index contributed by atoms with van der Waals surface area (Å²) in [5, 5.41) is 4.66. The highest BCUT2D eigenvalue weighted by molar-refractivity contribution is 6.31. The molecule has 0 N–H and O–H groups in total. The highest BCUT2D eigenvalue weighted by Crippen LogP contribution is 2.31. The summed E-state index contributed by atoms with van der Waals surface area (Å²) in [5.41, 5.74) is 3.48. The van der Waals surface area contributed by atoms with Gasteiger partial charge in [0.25, 0.3) is 0 Å². The topological polar surface area (TPSA) is 53.1 Å². The molecule has 0 radical (unpaired) electrons. The lowest BCUT2D eigenvalue weighted by Crippen LogP contribution is -2.04. The molecule has 2 aromatic heterocycles. The van der Waals surface area contributed by atoms with Gasteiger partial charge in [0.05, 0.1) is 23.2 Å². The normalized spacial score (nSPS) is 11.7. The lowest BCUT2D eigenvalue weighted by Gasteiger charge is -2.12. The van der Waals surface area contributed by atoms with Crippen LogP contribution in [0.1, 0.15) is 25.6 Å². The van der Waals surface area contributed by atoms with Crippen LogP contribution in [0.15, 0.2) is 29.0 Å². The van der Waals surface area contributed by atoms with Crippen LogP contribution in [0.3, 0.4) is 0 Å². The second-order valence-electron chi connectivity index (χ2n) is 5.14. The van der Waals surface area contributed by atoms with Crippen LogP contribution in [0.25, 0.3) is 22.4 Å². The number of imidazole rings is 1. The SMILES string of the molecule is COCc1nocc1-c1nc2cc(Cl)ccc2n1C(C)C. The van der Waals surface area contributed by atoms with E-state index in [1.54, 1.807) is 13.4 Å². The van der Waals surface area contributed by atoms with Crippen LogP contribution < -0.4 is 0 Å². The molecule has 0 bridgehead atoms. The minimum atomic E-state index is 0.247. The number of hydrogen-bond donors (Lipinski definition) is 0. The average Bonchev–Trinajstić information content (AvgIpc) is 3.01. The van der Waals surface area contributed by atoms with Gasteiger partial charge in [0.2, 0.25) is 0 Å². The number of ether oxygens (including phenoxy) is 1. The Bertz CT molecular complexity index is 776. The number of halogens is 1. The van der Waals surface area contributed by atoms with E-state index in [4.69, 9.17) is 25.8 Å². The van der Waals surface area contributed by atoms with E-state index in [9.17, 15) is 0 Å². The van der Waals surface area contributed by atoms with Crippen molar-refractivity contribution in [1.29, 1.82) is 0 Å². The third-order valence-electron chi connectivity index (χ3n) is 3.33. The van der Waals surface area contributed by atoms with Gasteiger partial charge in [-0.15, -0.1) is 0 Å². The van der Waals surface area contributed by atoms with Crippen molar-refractivity contribution in [3.05, 3.63) is 35.2 Å². The number of fused-ring (bicyclic) bond motifs is 1. The fourth-order valence-electron chi connectivity index (χ4n) is 2.47. The number of benzene rings is 1. The highest BCUT2D eigenvalue weighted by atomic mass is 35.5. The Kier molecular flexibility index (Phi) is 3.69. The maximum atomic E-state index is 6.07. The van der Waals surface area contributed by atoms with Crippen molar-refractivity contribution < 1.29 is 9.26 Å². The van der Waals surface area contributed by atoms with Gasteiger partial charge in [-0.3, -0.25) is 0 Å². The minimum absolute atomic E-state index is 0.247. The monoisotopic (exact) mass is 305 g/mol. The molecule has 0 unspecified atom stereocenters. The van der Waals surface area contributed by atoms with Crippen LogP contribution in [-0.2, 0) is 11.3 Å². The maximum absolute atomic E-state index is 6.07. The molecule has 0 saturated carbocycles. The summed E-state index contributed by atoms with van der Waals surface area (Å²) in [7, 11) is 1.63. The number of nitrogens with zero attached hydrogens (tertiary/aromatic N) is 3. The second-order valence-corrected chi connectivity index (χ2v) is 5.58. The predicted molar refractivity (Wildman–Crippen MR) is 81.3 cm³/mol. The van der Waals surface area contributed by atoms with Gasteiger partial charge in [0, 0.05) is 18.2 Å². The molecule has 0 saturated heterocycles. The molecule has 0 spiro atoms. The number of methoxy groups -OCH3 is 1. The van der Waals surface area contributed by atoms with Gasteiger partial charge in [0.15, 0.2) is 0 Å². The van der Waals surface area contributed by atoms with Gasteiger partial charge in [-0.05, 0) is 32.0 Å². The fourth-order valence-corrected chi connectivity index (χ4v) is 2.63. The Morgan fingerprint density at radius 3 is 2.90 bits per heavy atom. The predicted octanol–water partition coefficient (Wildman–Crippen LogP) is 4.07. The summed E-state index contributed by atoms with van der Waals surface area (Å²) >= 11 is 6.07. The molecule has 3 rings (SSSR count). The zero-order chi connectivity index (χ0) is 15.0. The van der Waals surface area contributed by atoms with Crippen molar-refractivity contribution in [1.82, 2.24) is 14.7 Å². The smallest absolute Gasteiger partial charge is 0.146 e. The highest BCUT2D eigenvalue weighted by Gasteiger charge is 2.20. The van der Waals surface area contributed by atoms with Crippen LogP contribution in [-0.4, -0.2) is 21.8 Å². The quantitative estimate of drug-likeness (QED) is 0.729. The first-order valence-electron chi connectivity index (χ1n) is 6.72. The maximum Gasteiger partial charge on any atom is 0.146 e. The summed E-state index contributed by atoms with van der Waals surface area (Å²) in [4.78, 5) is 4.70. The molecule has 6 heteroatoms. The van der Waals surface area contributed by atoms with Crippen molar-refractivity contribution in [2.75, 3.05) is 7.11 Å². The molecule has 21 heavy (non-hydrogen) atoms. The molecule has 0 fully saturated rings. The zero-order valence-electron chi connectivity index (χ0n) is 12.1.